The van der Waals surface area contributed by atoms with E-state index in [4.69, 9.17) is 0 Å². The van der Waals surface area contributed by atoms with Gasteiger partial charge in [0.05, 0.1) is 11.3 Å². The Morgan fingerprint density at radius 2 is 1.41 bits per heavy atom. The largest absolute Gasteiger partial charge is 0.512 e. The Balaban J connectivity index is 0.000000411. The van der Waals surface area contributed by atoms with Crippen molar-refractivity contribution in [2.24, 2.45) is 11.8 Å². The maximum atomic E-state index is 14.4. The van der Waals surface area contributed by atoms with Gasteiger partial charge in [-0.1, -0.05) is 119 Å². The van der Waals surface area contributed by atoms with Crippen LogP contribution in [0.2, 0.25) is 0 Å². The molecule has 4 aromatic carbocycles. The molecule has 1 aliphatic rings. The van der Waals surface area contributed by atoms with Crippen molar-refractivity contribution in [2.45, 2.75) is 99.6 Å². The summed E-state index contributed by atoms with van der Waals surface area (Å²) < 4.78 is 43.2. The Morgan fingerprint density at radius 3 is 1.98 bits per heavy atom. The Bertz CT molecular complexity index is 2270. The van der Waals surface area contributed by atoms with Gasteiger partial charge in [-0.2, -0.15) is 13.2 Å². The molecule has 0 aliphatic carbocycles. The van der Waals surface area contributed by atoms with E-state index in [2.05, 4.69) is 73.5 Å². The number of hydrogen-bond donors (Lipinski definition) is 1. The topological polar surface area (TPSA) is 56.7 Å². The van der Waals surface area contributed by atoms with E-state index in [1.807, 2.05) is 84.3 Å². The van der Waals surface area contributed by atoms with Crippen LogP contribution in [-0.4, -0.2) is 37.0 Å². The zero-order valence-corrected chi connectivity index (χ0v) is 38.7. The van der Waals surface area contributed by atoms with Crippen LogP contribution in [0.1, 0.15) is 96.4 Å². The Labute approximate surface area is 363 Å². The third kappa shape index (κ3) is 10.1. The molecule has 0 spiro atoms. The summed E-state index contributed by atoms with van der Waals surface area (Å²) in [5.74, 6) is 0.547. The number of aryl methyl sites for hydroxylation is 2. The van der Waals surface area contributed by atoms with Gasteiger partial charge in [0.2, 0.25) is 0 Å². The van der Waals surface area contributed by atoms with Crippen LogP contribution in [0.15, 0.2) is 90.8 Å². The molecule has 59 heavy (non-hydrogen) atoms. The van der Waals surface area contributed by atoms with Gasteiger partial charge in [0.15, 0.2) is 5.78 Å². The molecule has 0 saturated heterocycles. The quantitative estimate of drug-likeness (QED) is 0.0654. The number of anilines is 2. The van der Waals surface area contributed by atoms with Crippen LogP contribution in [0.3, 0.4) is 0 Å². The average molecular weight is 981 g/mol. The Morgan fingerprint density at radius 1 is 0.814 bits per heavy atom. The zero-order valence-electron chi connectivity index (χ0n) is 36.3. The number of aliphatic hydroxyl groups is 1. The molecule has 0 bridgehead atoms. The molecule has 2 heterocycles. The van der Waals surface area contributed by atoms with E-state index in [0.717, 1.165) is 59.6 Å². The number of alkyl halides is 3. The van der Waals surface area contributed by atoms with Crippen molar-refractivity contribution in [2.75, 3.05) is 23.7 Å². The standard InChI is InChI=1S/C36H34BF3N3.C13H24O2.Ir/c1-22-11-10-12-23(2)34(22)37-42(6)32-16-15-25(19-33(32)43(37)7)28-20-31(41-21-30(28)36(38,39)40)26-17-24-13-8-9-14-27(24)29(18-26)35(3,4)5;1-5-10(6-2)12(14)9-13(15)11(7-3)8-4;/h8-16,18-21H,1-7H3;9-11,14H,5-8H2,1-4H3;/q-1;;/b;12-9-;. The SMILES string of the molecule is CCC(CC)C(=O)/C=C(\O)C(CC)CC.Cc1cccc(C)c1B1N(C)c2ccc(-c3cc(-c4[c-]c5ccccc5c(C(C)(C)C)c4)ncc3C(F)(F)F)cc2N1C.[Ir]. The fourth-order valence-corrected chi connectivity index (χ4v) is 8.25. The first-order valence-electron chi connectivity index (χ1n) is 20.5. The van der Waals surface area contributed by atoms with E-state index in [9.17, 15) is 23.1 Å². The minimum atomic E-state index is -4.56. The van der Waals surface area contributed by atoms with Crippen molar-refractivity contribution in [3.8, 4) is 22.4 Å². The maximum Gasteiger partial charge on any atom is 0.418 e. The second-order valence-corrected chi connectivity index (χ2v) is 16.6. The first-order valence-corrected chi connectivity index (χ1v) is 20.5. The number of ketones is 1. The maximum absolute atomic E-state index is 14.4. The van der Waals surface area contributed by atoms with Crippen LogP contribution in [0, 0.1) is 31.7 Å². The number of aliphatic hydroxyl groups excluding tert-OH is 1. The van der Waals surface area contributed by atoms with E-state index in [1.165, 1.54) is 22.7 Å². The van der Waals surface area contributed by atoms with Gasteiger partial charge in [-0.25, -0.2) is 0 Å². The number of fused-ring (bicyclic) bond motifs is 2. The molecule has 0 atom stereocenters. The number of pyridine rings is 1. The summed E-state index contributed by atoms with van der Waals surface area (Å²) in [4.78, 5) is 20.4. The molecule has 5 nitrogen and oxygen atoms in total. The van der Waals surface area contributed by atoms with Crippen LogP contribution >= 0.6 is 0 Å². The molecule has 0 saturated carbocycles. The smallest absolute Gasteiger partial charge is 0.418 e. The Hall–Kier alpha value is -4.40. The summed E-state index contributed by atoms with van der Waals surface area (Å²) in [5.41, 5.74) is 7.30. The predicted molar refractivity (Wildman–Crippen MR) is 237 cm³/mol. The molecule has 315 valence electrons. The molecule has 6 rings (SSSR count). The summed E-state index contributed by atoms with van der Waals surface area (Å²) >= 11 is 0. The van der Waals surface area contributed by atoms with Crippen molar-refractivity contribution in [3.63, 3.8) is 0 Å². The van der Waals surface area contributed by atoms with Gasteiger partial charge < -0.3 is 14.7 Å². The van der Waals surface area contributed by atoms with E-state index >= 15 is 0 Å². The van der Waals surface area contributed by atoms with Gasteiger partial charge in [-0.15, -0.1) is 29.1 Å². The minimum absolute atomic E-state index is 0. The molecule has 5 aromatic rings. The fraction of sp³-hybridized carbons (Fsp3) is 0.388. The fourth-order valence-electron chi connectivity index (χ4n) is 8.25. The summed E-state index contributed by atoms with van der Waals surface area (Å²) in [7, 11) is 4.04. The van der Waals surface area contributed by atoms with Crippen molar-refractivity contribution >= 4 is 40.4 Å². The first-order chi connectivity index (χ1) is 27.4. The second-order valence-electron chi connectivity index (χ2n) is 16.6. The number of carbonyl (C=O) groups excluding carboxylic acids is 1. The van der Waals surface area contributed by atoms with Gasteiger partial charge in [0.1, 0.15) is 0 Å². The molecule has 0 unspecified atom stereocenters. The van der Waals surface area contributed by atoms with Crippen molar-refractivity contribution in [1.82, 2.24) is 4.98 Å². The number of carbonyl (C=O) groups is 1. The van der Waals surface area contributed by atoms with Crippen LogP contribution in [-0.2, 0) is 36.5 Å². The van der Waals surface area contributed by atoms with E-state index in [-0.39, 0.29) is 61.4 Å². The zero-order chi connectivity index (χ0) is 42.7. The van der Waals surface area contributed by atoms with Crippen molar-refractivity contribution < 1.29 is 43.2 Å². The number of hydrogen-bond acceptors (Lipinski definition) is 5. The number of benzene rings is 4. The second kappa shape index (κ2) is 19.3. The molecule has 1 radical (unpaired) electrons. The van der Waals surface area contributed by atoms with Gasteiger partial charge >= 0.3 is 13.2 Å². The summed E-state index contributed by atoms with van der Waals surface area (Å²) in [5, 5.41) is 11.7. The predicted octanol–water partition coefficient (Wildman–Crippen LogP) is 12.5. The number of nitrogens with zero attached hydrogens (tertiary/aromatic N) is 3. The number of halogens is 3. The molecule has 1 N–H and O–H groups in total. The first kappa shape index (κ1) is 47.3. The number of aromatic nitrogens is 1. The molecule has 0 amide bonds. The monoisotopic (exact) mass is 981 g/mol. The third-order valence-corrected chi connectivity index (χ3v) is 11.7. The molecular weight excluding hydrogens is 923 g/mol. The van der Waals surface area contributed by atoms with E-state index < -0.39 is 11.7 Å². The van der Waals surface area contributed by atoms with Gasteiger partial charge in [0, 0.05) is 61.3 Å². The third-order valence-electron chi connectivity index (χ3n) is 11.7. The van der Waals surface area contributed by atoms with Crippen LogP contribution < -0.4 is 15.1 Å². The average Bonchev–Trinajstić information content (AvgIpc) is 3.42. The molecule has 0 fully saturated rings. The van der Waals surface area contributed by atoms with Crippen LogP contribution in [0.5, 0.6) is 0 Å². The van der Waals surface area contributed by atoms with Crippen LogP contribution in [0.25, 0.3) is 33.2 Å². The van der Waals surface area contributed by atoms with Crippen molar-refractivity contribution in [3.05, 3.63) is 119 Å². The normalized spacial score (nSPS) is 13.2. The summed E-state index contributed by atoms with van der Waals surface area (Å²) in [6, 6.07) is 26.8. The summed E-state index contributed by atoms with van der Waals surface area (Å²) in [6.45, 7) is 18.6. The minimum Gasteiger partial charge on any atom is -0.512 e. The number of allylic oxidation sites excluding steroid dienone is 2. The van der Waals surface area contributed by atoms with E-state index in [1.54, 1.807) is 12.1 Å². The number of rotatable bonds is 10. The van der Waals surface area contributed by atoms with E-state index in [0.29, 0.717) is 16.8 Å². The summed E-state index contributed by atoms with van der Waals surface area (Å²) in [6.07, 6.45) is 1.31. The molecule has 10 heteroatoms. The van der Waals surface area contributed by atoms with Crippen LogP contribution in [0.4, 0.5) is 24.5 Å². The molecule has 1 aromatic heterocycles. The van der Waals surface area contributed by atoms with Gasteiger partial charge in [-0.05, 0) is 87.8 Å². The molecule has 1 aliphatic heterocycles. The van der Waals surface area contributed by atoms with Crippen molar-refractivity contribution in [1.29, 1.82) is 0 Å². The molecular formula is C49H58BF3IrN3O2-. The van der Waals surface area contributed by atoms with Gasteiger partial charge in [0.25, 0.3) is 0 Å². The Kier molecular flexibility index (Phi) is 15.5. The van der Waals surface area contributed by atoms with Gasteiger partial charge in [-0.3, -0.25) is 9.78 Å².